The van der Waals surface area contributed by atoms with Crippen molar-refractivity contribution in [1.82, 2.24) is 0 Å². The van der Waals surface area contributed by atoms with E-state index in [1.807, 2.05) is 6.92 Å². The number of aliphatic hydroxyl groups excluding tert-OH is 17. The van der Waals surface area contributed by atoms with Gasteiger partial charge in [-0.1, -0.05) is 32.1 Å². The van der Waals surface area contributed by atoms with E-state index in [2.05, 4.69) is 19.6 Å². The largest absolute Gasteiger partial charge is 0.394 e. The molecule has 0 radical (unpaired) electrons. The van der Waals surface area contributed by atoms with Gasteiger partial charge in [-0.2, -0.15) is 0 Å². The Hall–Kier alpha value is -1.80. The van der Waals surface area contributed by atoms with Gasteiger partial charge < -0.3 is 158 Å². The summed E-state index contributed by atoms with van der Waals surface area (Å²) < 4.78 is 87.3. The first-order valence-corrected chi connectivity index (χ1v) is 32.5. The van der Waals surface area contributed by atoms with Crippen LogP contribution in [0.15, 0.2) is 23.8 Å². The lowest BCUT2D eigenvalue weighted by atomic mass is 9.46. The zero-order chi connectivity index (χ0) is 67.0. The molecule has 12 aliphatic rings. The molecular formula is C61H96O32. The molecule has 32 heteroatoms. The molecule has 8 saturated heterocycles. The predicted octanol–water partition coefficient (Wildman–Crippen LogP) is -7.17. The van der Waals surface area contributed by atoms with E-state index in [0.717, 1.165) is 5.57 Å². The second-order valence-corrected chi connectivity index (χ2v) is 28.6. The van der Waals surface area contributed by atoms with E-state index >= 15 is 0 Å². The van der Waals surface area contributed by atoms with Gasteiger partial charge in [-0.3, -0.25) is 0 Å². The Bertz CT molecular complexity index is 2630. The van der Waals surface area contributed by atoms with E-state index in [0.29, 0.717) is 25.7 Å². The molecule has 8 aliphatic heterocycles. The molecule has 4 aliphatic carbocycles. The molecule has 12 rings (SSSR count). The highest BCUT2D eigenvalue weighted by Crippen LogP contribution is 2.71. The number of allylic oxidation sites excluding steroid dienone is 1. The van der Waals surface area contributed by atoms with Crippen LogP contribution in [0.1, 0.15) is 73.1 Å². The zero-order valence-electron chi connectivity index (χ0n) is 52.3. The molecular weight excluding hydrogens is 1240 g/mol. The zero-order valence-corrected chi connectivity index (χ0v) is 52.3. The van der Waals surface area contributed by atoms with Crippen LogP contribution in [-0.4, -0.2) is 333 Å². The minimum atomic E-state index is -2.06. The van der Waals surface area contributed by atoms with E-state index in [4.69, 9.17) is 66.3 Å². The first-order chi connectivity index (χ1) is 43.9. The molecule has 1 spiro atoms. The van der Waals surface area contributed by atoms with Crippen LogP contribution in [0.25, 0.3) is 0 Å². The van der Waals surface area contributed by atoms with Crippen LogP contribution in [0.3, 0.4) is 0 Å². The first-order valence-electron chi connectivity index (χ1n) is 32.5. The van der Waals surface area contributed by atoms with E-state index in [9.17, 15) is 91.9 Å². The summed E-state index contributed by atoms with van der Waals surface area (Å²) in [4.78, 5) is 0. The minimum absolute atomic E-state index is 0.0217. The molecule has 8 heterocycles. The van der Waals surface area contributed by atoms with Gasteiger partial charge >= 0.3 is 0 Å². The molecule has 32 nitrogen and oxygen atoms in total. The van der Waals surface area contributed by atoms with Gasteiger partial charge in [0.05, 0.1) is 76.3 Å². The lowest BCUT2D eigenvalue weighted by Crippen LogP contribution is -2.67. The van der Waals surface area contributed by atoms with Gasteiger partial charge in [-0.15, -0.1) is 0 Å². The summed E-state index contributed by atoms with van der Waals surface area (Å²) in [5.74, 6) is -3.89. The topological polar surface area (TPSA) is 493 Å². The van der Waals surface area contributed by atoms with Crippen molar-refractivity contribution >= 4 is 0 Å². The van der Waals surface area contributed by atoms with Crippen LogP contribution < -0.4 is 0 Å². The van der Waals surface area contributed by atoms with E-state index in [-0.39, 0.29) is 49.4 Å². The Kier molecular flexibility index (Phi) is 20.6. The molecule has 0 aromatic heterocycles. The number of rotatable bonds is 15. The van der Waals surface area contributed by atoms with Crippen molar-refractivity contribution in [3.63, 3.8) is 0 Å². The molecule has 0 aromatic carbocycles. The van der Waals surface area contributed by atoms with Gasteiger partial charge in [0.25, 0.3) is 0 Å². The van der Waals surface area contributed by atoms with Crippen molar-refractivity contribution in [1.29, 1.82) is 0 Å². The van der Waals surface area contributed by atoms with E-state index in [1.165, 1.54) is 20.8 Å². The summed E-state index contributed by atoms with van der Waals surface area (Å²) >= 11 is 0. The molecule has 0 aromatic rings. The van der Waals surface area contributed by atoms with Crippen molar-refractivity contribution < 1.29 is 158 Å². The van der Waals surface area contributed by atoms with Crippen LogP contribution in [0.4, 0.5) is 0 Å². The van der Waals surface area contributed by atoms with Crippen LogP contribution in [0.5, 0.6) is 0 Å². The van der Waals surface area contributed by atoms with Crippen molar-refractivity contribution in [2.75, 3.05) is 39.6 Å². The van der Waals surface area contributed by atoms with Crippen molar-refractivity contribution in [3.05, 3.63) is 23.8 Å². The van der Waals surface area contributed by atoms with E-state index < -0.39 is 251 Å². The third kappa shape index (κ3) is 12.1. The Morgan fingerprint density at radius 2 is 1.22 bits per heavy atom. The molecule has 3 saturated carbocycles. The van der Waals surface area contributed by atoms with Crippen LogP contribution >= 0.6 is 0 Å². The monoisotopic (exact) mass is 1340 g/mol. The molecule has 93 heavy (non-hydrogen) atoms. The Balaban J connectivity index is 0.820. The Morgan fingerprint density at radius 1 is 0.602 bits per heavy atom. The number of hydrogen-bond acceptors (Lipinski definition) is 32. The third-order valence-corrected chi connectivity index (χ3v) is 23.2. The summed E-state index contributed by atoms with van der Waals surface area (Å²) in [5.41, 5.74) is -2.56. The highest BCUT2D eigenvalue weighted by Gasteiger charge is 2.74. The smallest absolute Gasteiger partial charge is 0.203 e. The van der Waals surface area contributed by atoms with Gasteiger partial charge in [0.15, 0.2) is 37.7 Å². The Labute approximate surface area is 535 Å². The SMILES string of the molecule is C=C1CO[C@@]2(O[C@H]3C[C@H]4[C@@H]5CC=C6C[C@@H](O)C[C@@H](O[C@@H]7O[C@H](CO)[C@@H](O)[C@H](O[C@@H]8OC[C@@H](O)[C@H](O)[C@H]8O)[C@H]7O[C@@H]7O[C@@H](C)[C@H](O)[C@@H](O)[C@H]7O)[C@]6(C)[C@H]5CC[C@]4(C)[C@H]3[C@@H]2CO[C@@H]2OC[C@](O)(CO)[C@H]2O)[C@@H](O)[C@H]1O[C@@H]1O[C@@H](C)[C@H](O[C@@H]2O[C@@H](C)[C@H](O)[C@@H](O)[C@H]2O)[C@@H](O)[C@H]1O. The fourth-order valence-corrected chi connectivity index (χ4v) is 17.8. The average Bonchev–Trinajstić information content (AvgIpc) is 1.55. The normalized spacial score (nSPS) is 57.3. The molecule has 0 bridgehead atoms. The van der Waals surface area contributed by atoms with Crippen LogP contribution in [-0.2, 0) is 66.3 Å². The summed E-state index contributed by atoms with van der Waals surface area (Å²) in [6.07, 6.45) is -42.9. The highest BCUT2D eigenvalue weighted by atomic mass is 16.8. The van der Waals surface area contributed by atoms with Crippen LogP contribution in [0.2, 0.25) is 0 Å². The van der Waals surface area contributed by atoms with Crippen LogP contribution in [0, 0.1) is 40.4 Å². The number of fused-ring (bicyclic) bond motifs is 7. The molecule has 0 unspecified atom stereocenters. The van der Waals surface area contributed by atoms with Gasteiger partial charge in [-0.25, -0.2) is 0 Å². The molecule has 0 amide bonds. The van der Waals surface area contributed by atoms with Crippen molar-refractivity contribution in [2.24, 2.45) is 40.4 Å². The summed E-state index contributed by atoms with van der Waals surface area (Å²) in [7, 11) is 0. The van der Waals surface area contributed by atoms with Crippen molar-refractivity contribution in [3.8, 4) is 0 Å². The maximum absolute atomic E-state index is 12.9. The number of aliphatic hydroxyl groups is 18. The average molecular weight is 1340 g/mol. The quantitative estimate of drug-likeness (QED) is 0.0678. The second-order valence-electron chi connectivity index (χ2n) is 28.6. The number of hydrogen-bond donors (Lipinski definition) is 18. The molecule has 18 N–H and O–H groups in total. The lowest BCUT2D eigenvalue weighted by Gasteiger charge is -2.61. The Morgan fingerprint density at radius 3 is 1.86 bits per heavy atom. The maximum Gasteiger partial charge on any atom is 0.203 e. The fourth-order valence-electron chi connectivity index (χ4n) is 17.8. The molecule has 40 atom stereocenters. The second kappa shape index (κ2) is 26.9. The van der Waals surface area contributed by atoms with Crippen molar-refractivity contribution in [2.45, 2.75) is 275 Å². The van der Waals surface area contributed by atoms with Gasteiger partial charge in [0, 0.05) is 23.7 Å². The minimum Gasteiger partial charge on any atom is -0.394 e. The van der Waals surface area contributed by atoms with Gasteiger partial charge in [-0.05, 0) is 81.6 Å². The van der Waals surface area contributed by atoms with Gasteiger partial charge in [0.1, 0.15) is 122 Å². The maximum atomic E-state index is 12.9. The molecule has 11 fully saturated rings. The summed E-state index contributed by atoms with van der Waals surface area (Å²) in [6.45, 7) is 9.45. The fraction of sp³-hybridized carbons (Fsp3) is 0.934. The first kappa shape index (κ1) is 71.0. The lowest BCUT2D eigenvalue weighted by molar-refractivity contribution is -0.393. The van der Waals surface area contributed by atoms with Gasteiger partial charge in [0.2, 0.25) is 5.79 Å². The number of ether oxygens (including phenoxy) is 14. The standard InChI is InChI=1S/C61H96O32/c1-20-15-83-61(50(77)46(20)89-55-45(76)41(72)47(23(4)86-55)90-53-43(74)39(70)35(66)21(2)84-53)29(16-80-57-51(78)60(79,18-63)19-82-57)34-31(93-61)13-28-26-8-7-24-11-25(64)12-33(59(24,6)27(26)9-10-58(28,34)5)88-56-49(92-54-44(75)40(71)36(67)22(3)85-54)48(38(69)32(14-62)87-56)91-52-42(73)37(68)30(65)17-81-52/h7,21-23,25-57,62-79H,1,8-19H2,2-6H3/t21-,22-,23-,25+,26+,27-,28-,29-,30+,31-,32+,33+,34-,35-,36-,37-,38+,39+,40+,41-,42+,43+,44+,45+,46-,47-,48-,49+,50-,51-,52-,53-,54-,55-,56-,57+,58-,59-,60+,61-/m0/s1. The molecule has 532 valence electrons. The third-order valence-electron chi connectivity index (χ3n) is 23.2. The highest BCUT2D eigenvalue weighted by molar-refractivity contribution is 5.30. The van der Waals surface area contributed by atoms with E-state index in [1.54, 1.807) is 0 Å². The summed E-state index contributed by atoms with van der Waals surface area (Å²) in [5, 5.41) is 199. The predicted molar refractivity (Wildman–Crippen MR) is 303 cm³/mol. The summed E-state index contributed by atoms with van der Waals surface area (Å²) in [6, 6.07) is 0.